The molecule has 1 aromatic heterocycles. The average Bonchev–Trinajstić information content (AvgIpc) is 3.30. The second-order valence-electron chi connectivity index (χ2n) is 8.06. The fourth-order valence-corrected chi connectivity index (χ4v) is 3.83. The molecule has 0 aliphatic rings. The molecular weight excluding hydrogens is 442 g/mol. The number of carbonyl (C=O) groups excluding carboxylic acids is 2. The molecular formula is C28H27N3O4. The molecule has 0 fully saturated rings. The minimum Gasteiger partial charge on any atom is -0.497 e. The summed E-state index contributed by atoms with van der Waals surface area (Å²) in [4.78, 5) is 24.3. The van der Waals surface area contributed by atoms with Crippen molar-refractivity contribution in [1.82, 2.24) is 9.78 Å². The first-order chi connectivity index (χ1) is 16.9. The molecule has 7 nitrogen and oxygen atoms in total. The molecule has 4 aromatic rings. The Hall–Kier alpha value is -4.39. The van der Waals surface area contributed by atoms with Crippen molar-refractivity contribution >= 4 is 17.6 Å². The van der Waals surface area contributed by atoms with Gasteiger partial charge in [-0.05, 0) is 74.0 Å². The fraction of sp³-hybridized carbons (Fsp3) is 0.179. The molecule has 0 aliphatic heterocycles. The number of ether oxygens (including phenoxy) is 2. The van der Waals surface area contributed by atoms with E-state index in [2.05, 4.69) is 11.4 Å². The molecule has 0 unspecified atom stereocenters. The van der Waals surface area contributed by atoms with Gasteiger partial charge in [-0.1, -0.05) is 18.2 Å². The van der Waals surface area contributed by atoms with E-state index >= 15 is 0 Å². The number of anilines is 1. The van der Waals surface area contributed by atoms with Crippen LogP contribution in [0, 0.1) is 6.92 Å². The van der Waals surface area contributed by atoms with E-state index in [1.807, 2.05) is 66.2 Å². The van der Waals surface area contributed by atoms with Gasteiger partial charge in [0, 0.05) is 18.1 Å². The molecule has 7 heteroatoms. The SMILES string of the molecule is CCOC(=O)c1cc(-c2cc(-c3ccc(OC)cc3)n(-c3cccc(C)c3)n2)ccc1NC(C)=O. The molecule has 0 radical (unpaired) electrons. The van der Waals surface area contributed by atoms with Crippen molar-refractivity contribution in [3.05, 3.63) is 83.9 Å². The summed E-state index contributed by atoms with van der Waals surface area (Å²) in [6.45, 7) is 5.40. The summed E-state index contributed by atoms with van der Waals surface area (Å²) < 4.78 is 12.4. The standard InChI is InChI=1S/C28H27N3O4/c1-5-35-28(33)24-16-21(11-14-25(24)29-19(3)32)26-17-27(20-9-12-23(34-4)13-10-20)31(30-26)22-8-6-7-18(2)15-22/h6-17H,5H2,1-4H3,(H,29,32). The fourth-order valence-electron chi connectivity index (χ4n) is 3.83. The van der Waals surface area contributed by atoms with E-state index in [1.54, 1.807) is 26.2 Å². The molecule has 178 valence electrons. The summed E-state index contributed by atoms with van der Waals surface area (Å²) in [5.74, 6) is -0.0105. The number of methoxy groups -OCH3 is 1. The van der Waals surface area contributed by atoms with Crippen LogP contribution in [0.4, 0.5) is 5.69 Å². The first kappa shape index (κ1) is 23.8. The van der Waals surface area contributed by atoms with Crippen molar-refractivity contribution in [3.8, 4) is 34.0 Å². The van der Waals surface area contributed by atoms with Crippen LogP contribution < -0.4 is 10.1 Å². The number of hydrogen-bond acceptors (Lipinski definition) is 5. The minimum absolute atomic E-state index is 0.228. The first-order valence-electron chi connectivity index (χ1n) is 11.3. The zero-order valence-electron chi connectivity index (χ0n) is 20.2. The Morgan fingerprint density at radius 1 is 0.971 bits per heavy atom. The van der Waals surface area contributed by atoms with Gasteiger partial charge in [0.15, 0.2) is 0 Å². The van der Waals surface area contributed by atoms with E-state index in [0.717, 1.165) is 33.8 Å². The second-order valence-corrected chi connectivity index (χ2v) is 8.06. The van der Waals surface area contributed by atoms with Crippen LogP contribution in [0.3, 0.4) is 0 Å². The predicted molar refractivity (Wildman–Crippen MR) is 136 cm³/mol. The van der Waals surface area contributed by atoms with E-state index in [9.17, 15) is 9.59 Å². The minimum atomic E-state index is -0.508. The zero-order valence-corrected chi connectivity index (χ0v) is 20.2. The Morgan fingerprint density at radius 2 is 1.71 bits per heavy atom. The van der Waals surface area contributed by atoms with E-state index in [1.165, 1.54) is 6.92 Å². The van der Waals surface area contributed by atoms with Crippen molar-refractivity contribution in [2.75, 3.05) is 19.0 Å². The predicted octanol–water partition coefficient (Wildman–Crippen LogP) is 5.66. The van der Waals surface area contributed by atoms with Crippen molar-refractivity contribution in [3.63, 3.8) is 0 Å². The van der Waals surface area contributed by atoms with E-state index in [-0.39, 0.29) is 18.1 Å². The average molecular weight is 470 g/mol. The van der Waals surface area contributed by atoms with Gasteiger partial charge in [-0.3, -0.25) is 4.79 Å². The quantitative estimate of drug-likeness (QED) is 0.353. The Labute approximate surface area is 204 Å². The number of nitrogens with one attached hydrogen (secondary N) is 1. The maximum atomic E-state index is 12.6. The highest BCUT2D eigenvalue weighted by Crippen LogP contribution is 2.32. The molecule has 0 bridgehead atoms. The number of carbonyl (C=O) groups is 2. The summed E-state index contributed by atoms with van der Waals surface area (Å²) in [5.41, 5.74) is 5.96. The number of esters is 1. The van der Waals surface area contributed by atoms with Crippen molar-refractivity contribution < 1.29 is 19.1 Å². The van der Waals surface area contributed by atoms with Crippen LogP contribution in [0.15, 0.2) is 72.8 Å². The van der Waals surface area contributed by atoms with Crippen LogP contribution in [0.2, 0.25) is 0 Å². The molecule has 1 heterocycles. The Kier molecular flexibility index (Phi) is 6.96. The topological polar surface area (TPSA) is 82.4 Å². The third kappa shape index (κ3) is 5.24. The summed E-state index contributed by atoms with van der Waals surface area (Å²) in [6, 6.07) is 23.1. The molecule has 3 aromatic carbocycles. The maximum Gasteiger partial charge on any atom is 0.340 e. The van der Waals surface area contributed by atoms with E-state index in [0.29, 0.717) is 11.4 Å². The second kappa shape index (κ2) is 10.3. The smallest absolute Gasteiger partial charge is 0.340 e. The van der Waals surface area contributed by atoms with Crippen LogP contribution >= 0.6 is 0 Å². The third-order valence-corrected chi connectivity index (χ3v) is 5.46. The van der Waals surface area contributed by atoms with Crippen molar-refractivity contribution in [2.45, 2.75) is 20.8 Å². The van der Waals surface area contributed by atoms with Gasteiger partial charge in [-0.15, -0.1) is 0 Å². The third-order valence-electron chi connectivity index (χ3n) is 5.46. The monoisotopic (exact) mass is 469 g/mol. The highest BCUT2D eigenvalue weighted by molar-refractivity contribution is 6.01. The Bertz CT molecular complexity index is 1370. The van der Waals surface area contributed by atoms with Gasteiger partial charge in [-0.2, -0.15) is 5.10 Å². The number of hydrogen-bond donors (Lipinski definition) is 1. The lowest BCUT2D eigenvalue weighted by Crippen LogP contribution is -2.13. The molecule has 0 saturated heterocycles. The van der Waals surface area contributed by atoms with Crippen LogP contribution in [0.1, 0.15) is 29.8 Å². The van der Waals surface area contributed by atoms with Gasteiger partial charge in [-0.25, -0.2) is 9.48 Å². The summed E-state index contributed by atoms with van der Waals surface area (Å²) in [7, 11) is 1.63. The molecule has 35 heavy (non-hydrogen) atoms. The lowest BCUT2D eigenvalue weighted by atomic mass is 10.0. The van der Waals surface area contributed by atoms with Gasteiger partial charge in [0.2, 0.25) is 5.91 Å². The number of aryl methyl sites for hydroxylation is 1. The van der Waals surface area contributed by atoms with E-state index in [4.69, 9.17) is 14.6 Å². The summed E-state index contributed by atoms with van der Waals surface area (Å²) in [5, 5.41) is 7.59. The lowest BCUT2D eigenvalue weighted by Gasteiger charge is -2.11. The Morgan fingerprint density at radius 3 is 2.37 bits per heavy atom. The molecule has 1 N–H and O–H groups in total. The number of benzene rings is 3. The van der Waals surface area contributed by atoms with Gasteiger partial charge in [0.25, 0.3) is 0 Å². The van der Waals surface area contributed by atoms with Crippen LogP contribution in [0.25, 0.3) is 28.2 Å². The molecule has 0 saturated carbocycles. The van der Waals surface area contributed by atoms with E-state index < -0.39 is 5.97 Å². The van der Waals surface area contributed by atoms with Gasteiger partial charge >= 0.3 is 5.97 Å². The van der Waals surface area contributed by atoms with Crippen LogP contribution in [-0.2, 0) is 9.53 Å². The number of aromatic nitrogens is 2. The number of nitrogens with zero attached hydrogens (tertiary/aromatic N) is 2. The summed E-state index contributed by atoms with van der Waals surface area (Å²) >= 11 is 0. The zero-order chi connectivity index (χ0) is 24.9. The van der Waals surface area contributed by atoms with Crippen LogP contribution in [0.5, 0.6) is 5.75 Å². The number of rotatable bonds is 7. The van der Waals surface area contributed by atoms with Gasteiger partial charge in [0.05, 0.1) is 42.0 Å². The summed E-state index contributed by atoms with van der Waals surface area (Å²) in [6.07, 6.45) is 0. The highest BCUT2D eigenvalue weighted by Gasteiger charge is 2.18. The van der Waals surface area contributed by atoms with Crippen molar-refractivity contribution in [2.24, 2.45) is 0 Å². The van der Waals surface area contributed by atoms with Gasteiger partial charge in [0.1, 0.15) is 5.75 Å². The molecule has 4 rings (SSSR count). The molecule has 0 atom stereocenters. The van der Waals surface area contributed by atoms with Crippen LogP contribution in [-0.4, -0.2) is 35.4 Å². The van der Waals surface area contributed by atoms with Gasteiger partial charge < -0.3 is 14.8 Å². The van der Waals surface area contributed by atoms with Crippen molar-refractivity contribution in [1.29, 1.82) is 0 Å². The number of amides is 1. The Balaban J connectivity index is 1.86. The highest BCUT2D eigenvalue weighted by atomic mass is 16.5. The largest absolute Gasteiger partial charge is 0.497 e. The molecule has 1 amide bonds. The normalized spacial score (nSPS) is 10.6. The molecule has 0 aliphatic carbocycles. The first-order valence-corrected chi connectivity index (χ1v) is 11.3. The molecule has 0 spiro atoms. The lowest BCUT2D eigenvalue weighted by molar-refractivity contribution is -0.114. The maximum absolute atomic E-state index is 12.6.